The molecule has 3 heterocycles. The van der Waals surface area contributed by atoms with Crippen molar-refractivity contribution in [2.45, 2.75) is 6.54 Å². The maximum atomic E-state index is 4.36. The number of rotatable bonds is 3. The van der Waals surface area contributed by atoms with E-state index in [2.05, 4.69) is 19.0 Å². The molecule has 0 amide bonds. The second-order valence-electron chi connectivity index (χ2n) is 3.81. The molecule has 0 radical (unpaired) electrons. The molecular formula is C11H11N5S. The van der Waals surface area contributed by atoms with Crippen LogP contribution in [0.15, 0.2) is 36.4 Å². The third kappa shape index (κ3) is 1.99. The highest BCUT2D eigenvalue weighted by molar-refractivity contribution is 7.03. The van der Waals surface area contributed by atoms with Gasteiger partial charge in [0.25, 0.3) is 0 Å². The van der Waals surface area contributed by atoms with Crippen LogP contribution in [0, 0.1) is 0 Å². The summed E-state index contributed by atoms with van der Waals surface area (Å²) < 4.78 is 8.00. The van der Waals surface area contributed by atoms with Crippen LogP contribution in [0.5, 0.6) is 0 Å². The lowest BCUT2D eigenvalue weighted by atomic mass is 10.3. The first kappa shape index (κ1) is 10.2. The maximum Gasteiger partial charge on any atom is 0.142 e. The number of nitrogens with zero attached hydrogens (tertiary/aromatic N) is 5. The van der Waals surface area contributed by atoms with Gasteiger partial charge in [0, 0.05) is 42.1 Å². The van der Waals surface area contributed by atoms with Gasteiger partial charge in [0.15, 0.2) is 0 Å². The van der Waals surface area contributed by atoms with Gasteiger partial charge in [-0.2, -0.15) is 5.10 Å². The third-order valence-electron chi connectivity index (χ3n) is 2.52. The molecule has 0 aliphatic heterocycles. The smallest absolute Gasteiger partial charge is 0.142 e. The van der Waals surface area contributed by atoms with Gasteiger partial charge in [0.2, 0.25) is 0 Å². The topological polar surface area (TPSA) is 48.5 Å². The van der Waals surface area contributed by atoms with E-state index in [1.807, 2.05) is 43.4 Å². The molecule has 6 heteroatoms. The molecule has 0 N–H and O–H groups in total. The fourth-order valence-electron chi connectivity index (χ4n) is 1.76. The minimum atomic E-state index is 0.777. The molecule has 3 aromatic heterocycles. The maximum absolute atomic E-state index is 4.36. The molecular weight excluding hydrogens is 234 g/mol. The summed E-state index contributed by atoms with van der Waals surface area (Å²) in [6.07, 6.45) is 9.50. The van der Waals surface area contributed by atoms with Gasteiger partial charge in [-0.25, -0.2) is 9.36 Å². The number of aromatic nitrogens is 5. The average Bonchev–Trinajstić information content (AvgIpc) is 3.00. The van der Waals surface area contributed by atoms with Gasteiger partial charge in [-0.15, -0.1) is 0 Å². The first-order valence-corrected chi connectivity index (χ1v) is 6.05. The zero-order valence-corrected chi connectivity index (χ0v) is 10.1. The van der Waals surface area contributed by atoms with Crippen molar-refractivity contribution in [1.29, 1.82) is 0 Å². The largest absolute Gasteiger partial charge is 0.326 e. The van der Waals surface area contributed by atoms with E-state index in [1.165, 1.54) is 11.5 Å². The van der Waals surface area contributed by atoms with Crippen molar-refractivity contribution >= 4 is 11.5 Å². The van der Waals surface area contributed by atoms with E-state index in [1.54, 1.807) is 4.68 Å². The summed E-state index contributed by atoms with van der Waals surface area (Å²) in [5.74, 6) is 0.947. The fraction of sp³-hybridized carbons (Fsp3) is 0.182. The van der Waals surface area contributed by atoms with Crippen molar-refractivity contribution in [3.63, 3.8) is 0 Å². The number of aryl methyl sites for hydroxylation is 1. The predicted octanol–water partition coefficient (Wildman–Crippen LogP) is 1.79. The summed E-state index contributed by atoms with van der Waals surface area (Å²) in [7, 11) is 1.92. The lowest BCUT2D eigenvalue weighted by Crippen LogP contribution is -1.99. The Kier molecular flexibility index (Phi) is 2.49. The normalized spacial score (nSPS) is 10.9. The summed E-state index contributed by atoms with van der Waals surface area (Å²) in [5.41, 5.74) is 2.22. The molecule has 0 aliphatic carbocycles. The molecule has 0 aliphatic rings. The van der Waals surface area contributed by atoms with Crippen LogP contribution in [0.2, 0.25) is 0 Å². The summed E-state index contributed by atoms with van der Waals surface area (Å²) in [5, 5.41) is 6.16. The number of hydrogen-bond donors (Lipinski definition) is 0. The molecule has 0 spiro atoms. The van der Waals surface area contributed by atoms with Crippen LogP contribution in [0.4, 0.5) is 0 Å². The van der Waals surface area contributed by atoms with Crippen LogP contribution in [-0.2, 0) is 13.6 Å². The third-order valence-corrected chi connectivity index (χ3v) is 3.10. The van der Waals surface area contributed by atoms with E-state index in [9.17, 15) is 0 Å². The Morgan fingerprint density at radius 2 is 2.29 bits per heavy atom. The Balaban J connectivity index is 1.92. The molecule has 86 valence electrons. The SMILES string of the molecule is Cn1cc(Cn2ccnc2-c2cnsc2)cn1. The molecule has 0 saturated heterocycles. The van der Waals surface area contributed by atoms with E-state index < -0.39 is 0 Å². The summed E-state index contributed by atoms with van der Waals surface area (Å²) in [6.45, 7) is 0.777. The molecule has 0 saturated carbocycles. The molecule has 0 atom stereocenters. The van der Waals surface area contributed by atoms with Crippen LogP contribution in [0.25, 0.3) is 11.4 Å². The van der Waals surface area contributed by atoms with Gasteiger partial charge in [-0.05, 0) is 11.5 Å². The Bertz CT molecular complexity index is 607. The van der Waals surface area contributed by atoms with Crippen LogP contribution in [-0.4, -0.2) is 23.7 Å². The Labute approximate surface area is 103 Å². The summed E-state index contributed by atoms with van der Waals surface area (Å²) in [4.78, 5) is 4.36. The van der Waals surface area contributed by atoms with Crippen LogP contribution in [0.1, 0.15) is 5.56 Å². The fourth-order valence-corrected chi connectivity index (χ4v) is 2.28. The Hall–Kier alpha value is -1.95. The Morgan fingerprint density at radius 1 is 1.35 bits per heavy atom. The highest BCUT2D eigenvalue weighted by Gasteiger charge is 2.07. The van der Waals surface area contributed by atoms with E-state index in [4.69, 9.17) is 0 Å². The van der Waals surface area contributed by atoms with E-state index in [0.717, 1.165) is 23.5 Å². The molecule has 3 rings (SSSR count). The van der Waals surface area contributed by atoms with Crippen molar-refractivity contribution < 1.29 is 0 Å². The summed E-state index contributed by atoms with van der Waals surface area (Å²) >= 11 is 1.44. The number of imidazole rings is 1. The van der Waals surface area contributed by atoms with E-state index >= 15 is 0 Å². The zero-order valence-electron chi connectivity index (χ0n) is 9.32. The van der Waals surface area contributed by atoms with Gasteiger partial charge >= 0.3 is 0 Å². The predicted molar refractivity (Wildman–Crippen MR) is 65.6 cm³/mol. The Morgan fingerprint density at radius 3 is 3.00 bits per heavy atom. The molecule has 17 heavy (non-hydrogen) atoms. The van der Waals surface area contributed by atoms with Crippen LogP contribution < -0.4 is 0 Å². The van der Waals surface area contributed by atoms with Crippen LogP contribution in [0.3, 0.4) is 0 Å². The van der Waals surface area contributed by atoms with Gasteiger partial charge in [-0.1, -0.05) is 0 Å². The molecule has 3 aromatic rings. The standard InChI is InChI=1S/C11H11N5S/c1-15-6-9(4-13-15)7-16-3-2-12-11(16)10-5-14-17-8-10/h2-6,8H,7H2,1H3. The lowest BCUT2D eigenvalue weighted by molar-refractivity contribution is 0.763. The first-order chi connectivity index (χ1) is 8.33. The average molecular weight is 245 g/mol. The van der Waals surface area contributed by atoms with Crippen molar-refractivity contribution in [1.82, 2.24) is 23.7 Å². The minimum Gasteiger partial charge on any atom is -0.326 e. The first-order valence-electron chi connectivity index (χ1n) is 5.21. The van der Waals surface area contributed by atoms with Gasteiger partial charge < -0.3 is 4.57 Å². The van der Waals surface area contributed by atoms with Crippen LogP contribution >= 0.6 is 11.5 Å². The molecule has 0 unspecified atom stereocenters. The second kappa shape index (κ2) is 4.14. The summed E-state index contributed by atoms with van der Waals surface area (Å²) in [6, 6.07) is 0. The lowest BCUT2D eigenvalue weighted by Gasteiger charge is -2.03. The van der Waals surface area contributed by atoms with E-state index in [-0.39, 0.29) is 0 Å². The molecule has 0 bridgehead atoms. The van der Waals surface area contributed by atoms with Gasteiger partial charge in [0.05, 0.1) is 18.9 Å². The number of hydrogen-bond acceptors (Lipinski definition) is 4. The highest BCUT2D eigenvalue weighted by Crippen LogP contribution is 2.19. The molecule has 0 aromatic carbocycles. The van der Waals surface area contributed by atoms with Crippen molar-refractivity contribution in [2.75, 3.05) is 0 Å². The quantitative estimate of drug-likeness (QED) is 0.706. The second-order valence-corrected chi connectivity index (χ2v) is 4.47. The minimum absolute atomic E-state index is 0.777. The highest BCUT2D eigenvalue weighted by atomic mass is 32.1. The van der Waals surface area contributed by atoms with Gasteiger partial charge in [-0.3, -0.25) is 4.68 Å². The van der Waals surface area contributed by atoms with E-state index in [0.29, 0.717) is 0 Å². The monoisotopic (exact) mass is 245 g/mol. The van der Waals surface area contributed by atoms with Crippen molar-refractivity contribution in [2.24, 2.45) is 7.05 Å². The van der Waals surface area contributed by atoms with Gasteiger partial charge in [0.1, 0.15) is 5.82 Å². The van der Waals surface area contributed by atoms with Crippen molar-refractivity contribution in [3.8, 4) is 11.4 Å². The zero-order chi connectivity index (χ0) is 11.7. The van der Waals surface area contributed by atoms with Crippen molar-refractivity contribution in [3.05, 3.63) is 41.9 Å². The molecule has 5 nitrogen and oxygen atoms in total. The molecule has 0 fully saturated rings.